The van der Waals surface area contributed by atoms with Gasteiger partial charge in [-0.05, 0) is 24.3 Å². The van der Waals surface area contributed by atoms with E-state index >= 15 is 0 Å². The average molecular weight is 312 g/mol. The lowest BCUT2D eigenvalue weighted by Crippen LogP contribution is -2.24. The molecule has 0 saturated heterocycles. The second kappa shape index (κ2) is 7.71. The zero-order valence-electron chi connectivity index (χ0n) is 12.8. The minimum atomic E-state index is -0.484. The van der Waals surface area contributed by atoms with Gasteiger partial charge in [-0.25, -0.2) is 0 Å². The van der Waals surface area contributed by atoms with Crippen LogP contribution in [0, 0.1) is 11.3 Å². The van der Waals surface area contributed by atoms with Crippen LogP contribution in [0.1, 0.15) is 11.3 Å². The van der Waals surface area contributed by atoms with Gasteiger partial charge in [0, 0.05) is 24.3 Å². The van der Waals surface area contributed by atoms with Gasteiger partial charge in [0.2, 0.25) is 0 Å². The van der Waals surface area contributed by atoms with Crippen LogP contribution in [0.4, 0.5) is 0 Å². The standard InChI is InChI=1S/C17H16N2O4/c1-21-14-6-5-12(16(9-14)22-2)11-19-17(20)13(10-18)8-15-4-3-7-23-15/h3-9H,11H2,1-2H3,(H,19,20)/b13-8+. The second-order valence-corrected chi connectivity index (χ2v) is 4.55. The molecule has 1 aromatic carbocycles. The van der Waals surface area contributed by atoms with Gasteiger partial charge in [-0.3, -0.25) is 4.79 Å². The summed E-state index contributed by atoms with van der Waals surface area (Å²) >= 11 is 0. The SMILES string of the molecule is COc1ccc(CNC(=O)/C(C#N)=C/c2ccco2)c(OC)c1. The van der Waals surface area contributed by atoms with Crippen LogP contribution in [0.3, 0.4) is 0 Å². The maximum atomic E-state index is 12.1. The van der Waals surface area contributed by atoms with Gasteiger partial charge < -0.3 is 19.2 Å². The van der Waals surface area contributed by atoms with Gasteiger partial charge in [-0.1, -0.05) is 0 Å². The average Bonchev–Trinajstić information content (AvgIpc) is 3.10. The number of hydrogen-bond donors (Lipinski definition) is 1. The van der Waals surface area contributed by atoms with Crippen molar-refractivity contribution in [3.8, 4) is 17.6 Å². The number of carbonyl (C=O) groups is 1. The van der Waals surface area contributed by atoms with Crippen LogP contribution >= 0.6 is 0 Å². The molecular formula is C17H16N2O4. The highest BCUT2D eigenvalue weighted by molar-refractivity contribution is 6.01. The Kier molecular flexibility index (Phi) is 5.42. The van der Waals surface area contributed by atoms with E-state index in [1.165, 1.54) is 19.4 Å². The van der Waals surface area contributed by atoms with Crippen molar-refractivity contribution in [1.82, 2.24) is 5.32 Å². The Bertz CT molecular complexity index is 742. The first-order valence-corrected chi connectivity index (χ1v) is 6.82. The zero-order chi connectivity index (χ0) is 16.7. The molecule has 0 saturated carbocycles. The second-order valence-electron chi connectivity index (χ2n) is 4.55. The van der Waals surface area contributed by atoms with Crippen molar-refractivity contribution >= 4 is 12.0 Å². The monoisotopic (exact) mass is 312 g/mol. The summed E-state index contributed by atoms with van der Waals surface area (Å²) in [6.07, 6.45) is 2.86. The molecule has 1 aromatic heterocycles. The Labute approximate surface area is 133 Å². The third-order valence-electron chi connectivity index (χ3n) is 3.13. The number of hydrogen-bond acceptors (Lipinski definition) is 5. The first-order chi connectivity index (χ1) is 11.2. The molecule has 0 spiro atoms. The van der Waals surface area contributed by atoms with Gasteiger partial charge in [0.1, 0.15) is 28.9 Å². The van der Waals surface area contributed by atoms with Crippen LogP contribution in [0.2, 0.25) is 0 Å². The molecule has 2 rings (SSSR count). The van der Waals surface area contributed by atoms with Gasteiger partial charge in [0.25, 0.3) is 5.91 Å². The van der Waals surface area contributed by atoms with Crippen molar-refractivity contribution in [2.75, 3.05) is 14.2 Å². The number of ether oxygens (including phenoxy) is 2. The molecule has 23 heavy (non-hydrogen) atoms. The minimum absolute atomic E-state index is 0.0348. The van der Waals surface area contributed by atoms with Crippen LogP contribution in [-0.2, 0) is 11.3 Å². The Balaban J connectivity index is 2.08. The predicted octanol–water partition coefficient (Wildman–Crippen LogP) is 2.52. The number of carbonyl (C=O) groups excluding carboxylic acids is 1. The Morgan fingerprint density at radius 1 is 1.35 bits per heavy atom. The third kappa shape index (κ3) is 4.14. The van der Waals surface area contributed by atoms with E-state index in [-0.39, 0.29) is 12.1 Å². The first-order valence-electron chi connectivity index (χ1n) is 6.82. The Morgan fingerprint density at radius 2 is 2.17 bits per heavy atom. The maximum Gasteiger partial charge on any atom is 0.262 e. The lowest BCUT2D eigenvalue weighted by molar-refractivity contribution is -0.117. The normalized spacial score (nSPS) is 10.7. The Morgan fingerprint density at radius 3 is 2.78 bits per heavy atom. The molecule has 0 aliphatic heterocycles. The summed E-state index contributed by atoms with van der Waals surface area (Å²) in [5.41, 5.74) is 0.740. The molecule has 1 heterocycles. The lowest BCUT2D eigenvalue weighted by Gasteiger charge is -2.11. The van der Waals surface area contributed by atoms with E-state index in [0.29, 0.717) is 17.3 Å². The van der Waals surface area contributed by atoms with E-state index in [9.17, 15) is 4.79 Å². The summed E-state index contributed by atoms with van der Waals surface area (Å²) in [6.45, 7) is 0.225. The van der Waals surface area contributed by atoms with Gasteiger partial charge in [-0.15, -0.1) is 0 Å². The molecule has 0 unspecified atom stereocenters. The summed E-state index contributed by atoms with van der Waals surface area (Å²) < 4.78 is 15.5. The van der Waals surface area contributed by atoms with Crippen molar-refractivity contribution in [3.05, 3.63) is 53.5 Å². The van der Waals surface area contributed by atoms with Gasteiger partial charge in [0.15, 0.2) is 0 Å². The molecule has 118 valence electrons. The topological polar surface area (TPSA) is 84.5 Å². The highest BCUT2D eigenvalue weighted by atomic mass is 16.5. The number of furan rings is 1. The van der Waals surface area contributed by atoms with Gasteiger partial charge >= 0.3 is 0 Å². The van der Waals surface area contributed by atoms with Crippen molar-refractivity contribution in [3.63, 3.8) is 0 Å². The van der Waals surface area contributed by atoms with Gasteiger partial charge in [0.05, 0.1) is 20.5 Å². The van der Waals surface area contributed by atoms with Crippen molar-refractivity contribution in [2.24, 2.45) is 0 Å². The van der Waals surface area contributed by atoms with Gasteiger partial charge in [-0.2, -0.15) is 5.26 Å². The number of nitriles is 1. The van der Waals surface area contributed by atoms with E-state index in [1.54, 1.807) is 37.4 Å². The van der Waals surface area contributed by atoms with E-state index in [4.69, 9.17) is 19.2 Å². The number of rotatable bonds is 6. The highest BCUT2D eigenvalue weighted by Crippen LogP contribution is 2.24. The molecular weight excluding hydrogens is 296 g/mol. The highest BCUT2D eigenvalue weighted by Gasteiger charge is 2.11. The van der Waals surface area contributed by atoms with Crippen molar-refractivity contribution in [2.45, 2.75) is 6.54 Å². The molecule has 0 bridgehead atoms. The largest absolute Gasteiger partial charge is 0.497 e. The van der Waals surface area contributed by atoms with E-state index in [1.807, 2.05) is 6.07 Å². The van der Waals surface area contributed by atoms with Crippen LogP contribution in [0.15, 0.2) is 46.6 Å². The van der Waals surface area contributed by atoms with E-state index in [2.05, 4.69) is 5.32 Å². The first kappa shape index (κ1) is 16.2. The fraction of sp³-hybridized carbons (Fsp3) is 0.176. The smallest absolute Gasteiger partial charge is 0.262 e. The van der Waals surface area contributed by atoms with E-state index in [0.717, 1.165) is 5.56 Å². The summed E-state index contributed by atoms with van der Waals surface area (Å²) in [6, 6.07) is 10.5. The van der Waals surface area contributed by atoms with Crippen LogP contribution in [0.5, 0.6) is 11.5 Å². The summed E-state index contributed by atoms with van der Waals surface area (Å²) in [7, 11) is 3.10. The van der Waals surface area contributed by atoms with Crippen LogP contribution < -0.4 is 14.8 Å². The maximum absolute atomic E-state index is 12.1. The summed E-state index contributed by atoms with van der Waals surface area (Å²) in [5.74, 6) is 1.21. The molecule has 0 fully saturated rings. The number of methoxy groups -OCH3 is 2. The van der Waals surface area contributed by atoms with Crippen molar-refractivity contribution in [1.29, 1.82) is 5.26 Å². The fourth-order valence-corrected chi connectivity index (χ4v) is 1.93. The molecule has 6 nitrogen and oxygen atoms in total. The van der Waals surface area contributed by atoms with Crippen LogP contribution in [-0.4, -0.2) is 20.1 Å². The van der Waals surface area contributed by atoms with Crippen LogP contribution in [0.25, 0.3) is 6.08 Å². The third-order valence-corrected chi connectivity index (χ3v) is 3.13. The molecule has 1 N–H and O–H groups in total. The molecule has 2 aromatic rings. The fourth-order valence-electron chi connectivity index (χ4n) is 1.93. The molecule has 1 amide bonds. The molecule has 0 aliphatic rings. The van der Waals surface area contributed by atoms with Crippen molar-refractivity contribution < 1.29 is 18.7 Å². The lowest BCUT2D eigenvalue weighted by atomic mass is 10.1. The summed E-state index contributed by atoms with van der Waals surface area (Å²) in [4.78, 5) is 12.1. The molecule has 6 heteroatoms. The molecule has 0 aliphatic carbocycles. The Hall–Kier alpha value is -3.20. The number of benzene rings is 1. The molecule has 0 radical (unpaired) electrons. The number of nitrogens with zero attached hydrogens (tertiary/aromatic N) is 1. The predicted molar refractivity (Wildman–Crippen MR) is 83.7 cm³/mol. The minimum Gasteiger partial charge on any atom is -0.497 e. The number of nitrogens with one attached hydrogen (secondary N) is 1. The molecule has 0 atom stereocenters. The summed E-state index contributed by atoms with van der Waals surface area (Å²) in [5, 5.41) is 11.8. The quantitative estimate of drug-likeness (QED) is 0.654. The zero-order valence-corrected chi connectivity index (χ0v) is 12.8. The van der Waals surface area contributed by atoms with E-state index < -0.39 is 5.91 Å². The number of amides is 1.